The Bertz CT molecular complexity index is 4200. The van der Waals surface area contributed by atoms with Crippen LogP contribution in [-0.2, 0) is 5.41 Å². The van der Waals surface area contributed by atoms with E-state index in [-0.39, 0.29) is 5.41 Å². The molecule has 4 nitrogen and oxygen atoms in total. The zero-order valence-corrected chi connectivity index (χ0v) is 39.5. The molecule has 0 radical (unpaired) electrons. The quantitative estimate of drug-likeness (QED) is 0.160. The van der Waals surface area contributed by atoms with Crippen LogP contribution in [-0.4, -0.2) is 13.3 Å². The fourth-order valence-electron chi connectivity index (χ4n) is 11.4. The minimum Gasteiger partial charge on any atom is -0.309 e. The summed E-state index contributed by atoms with van der Waals surface area (Å²) in [5.41, 5.74) is 20.5. The molecule has 2 heterocycles. The topological polar surface area (TPSA) is 34.0 Å². The van der Waals surface area contributed by atoms with E-state index >= 15 is 0 Å². The second-order valence-corrected chi connectivity index (χ2v) is 19.6. The molecule has 0 aliphatic heterocycles. The lowest BCUT2D eigenvalue weighted by Crippen LogP contribution is -2.14. The van der Waals surface area contributed by atoms with Gasteiger partial charge in [0.2, 0.25) is 0 Å². The molecule has 14 rings (SSSR count). The summed E-state index contributed by atoms with van der Waals surface area (Å²) < 4.78 is 12.5. The van der Waals surface area contributed by atoms with Crippen LogP contribution in [0.25, 0.3) is 105 Å². The number of anilines is 3. The van der Waals surface area contributed by atoms with Gasteiger partial charge in [0.1, 0.15) is 11.0 Å². The number of hydrogen-bond acceptors (Lipinski definition) is 4. The molecule has 0 saturated carbocycles. The third kappa shape index (κ3) is 6.22. The van der Waals surface area contributed by atoms with Crippen molar-refractivity contribution >= 4 is 83.2 Å². The molecule has 13 aromatic rings. The average Bonchev–Trinajstić information content (AvgIpc) is 4.12. The van der Waals surface area contributed by atoms with Gasteiger partial charge in [-0.15, -0.1) is 0 Å². The minimum absolute atomic E-state index is 0.0906. The zero-order valence-electron chi connectivity index (χ0n) is 38.6. The van der Waals surface area contributed by atoms with Crippen LogP contribution in [0, 0.1) is 0 Å². The normalized spacial score (nSPS) is 12.8. The third-order valence-electron chi connectivity index (χ3n) is 14.9. The minimum atomic E-state index is -0.0906. The van der Waals surface area contributed by atoms with Crippen molar-refractivity contribution in [3.8, 4) is 50.2 Å². The van der Waals surface area contributed by atoms with Crippen LogP contribution in [0.2, 0.25) is 0 Å². The van der Waals surface area contributed by atoms with Crippen molar-refractivity contribution in [3.05, 3.63) is 242 Å². The van der Waals surface area contributed by atoms with Gasteiger partial charge in [0.25, 0.3) is 0 Å². The molecule has 11 aromatic carbocycles. The van der Waals surface area contributed by atoms with Crippen LogP contribution in [0.3, 0.4) is 0 Å². The molecule has 70 heavy (non-hydrogen) atoms. The summed E-state index contributed by atoms with van der Waals surface area (Å²) in [5.74, 6) is 0. The van der Waals surface area contributed by atoms with E-state index in [9.17, 15) is 0 Å². The first kappa shape index (κ1) is 40.4. The smallest absolute Gasteiger partial charge is 0.129 e. The van der Waals surface area contributed by atoms with Crippen molar-refractivity contribution in [1.29, 1.82) is 0 Å². The maximum absolute atomic E-state index is 5.06. The summed E-state index contributed by atoms with van der Waals surface area (Å²) in [4.78, 5) is 2.35. The van der Waals surface area contributed by atoms with Crippen LogP contribution in [0.4, 0.5) is 17.1 Å². The zero-order chi connectivity index (χ0) is 46.5. The Labute approximate surface area is 410 Å². The first-order valence-electron chi connectivity index (χ1n) is 24.0. The lowest BCUT2D eigenvalue weighted by atomic mass is 9.81. The van der Waals surface area contributed by atoms with Gasteiger partial charge in [-0.05, 0) is 127 Å². The Kier molecular flexibility index (Phi) is 9.07. The number of aromatic nitrogens is 3. The van der Waals surface area contributed by atoms with Crippen LogP contribution >= 0.6 is 11.7 Å². The highest BCUT2D eigenvalue weighted by Crippen LogP contribution is 2.50. The van der Waals surface area contributed by atoms with E-state index in [1.54, 1.807) is 0 Å². The standard InChI is InChI=1S/C65H44N4S/c1-65(2)57-22-11-10-21-54(57)55-34-28-47(40-58(55)65)46-17-12-18-50(39-46)68(48-30-23-42(24-31-48)41-13-4-3-5-14-41)60-38-36-52(62-63(60)67-70-66-62)45-25-32-49(33-26-45)69-59-37-29-43-15-6-8-19-51(43)61(59)56-35-27-44-16-7-9-20-53(44)64(56)69/h3-40H,1-2H3. The lowest BCUT2D eigenvalue weighted by molar-refractivity contribution is 0.660. The highest BCUT2D eigenvalue weighted by molar-refractivity contribution is 7.00. The highest BCUT2D eigenvalue weighted by Gasteiger charge is 2.35. The summed E-state index contributed by atoms with van der Waals surface area (Å²) in [6.45, 7) is 4.69. The molecule has 0 N–H and O–H groups in total. The third-order valence-corrected chi connectivity index (χ3v) is 15.4. The summed E-state index contributed by atoms with van der Waals surface area (Å²) in [7, 11) is 0. The van der Waals surface area contributed by atoms with Crippen molar-refractivity contribution < 1.29 is 0 Å². The second kappa shape index (κ2) is 15.7. The van der Waals surface area contributed by atoms with Crippen LogP contribution in [0.15, 0.2) is 231 Å². The highest BCUT2D eigenvalue weighted by atomic mass is 32.1. The molecule has 1 aliphatic carbocycles. The first-order chi connectivity index (χ1) is 34.5. The fourth-order valence-corrected chi connectivity index (χ4v) is 12.0. The van der Waals surface area contributed by atoms with Crippen molar-refractivity contribution in [1.82, 2.24) is 13.3 Å². The van der Waals surface area contributed by atoms with E-state index < -0.39 is 0 Å². The van der Waals surface area contributed by atoms with Gasteiger partial charge < -0.3 is 9.47 Å². The van der Waals surface area contributed by atoms with Crippen LogP contribution < -0.4 is 4.90 Å². The largest absolute Gasteiger partial charge is 0.309 e. The van der Waals surface area contributed by atoms with Gasteiger partial charge in [-0.1, -0.05) is 184 Å². The molecule has 0 saturated heterocycles. The molecular formula is C65H44N4S. The maximum Gasteiger partial charge on any atom is 0.129 e. The maximum atomic E-state index is 5.06. The van der Waals surface area contributed by atoms with E-state index in [1.165, 1.54) is 94.0 Å². The van der Waals surface area contributed by atoms with Crippen molar-refractivity contribution in [2.75, 3.05) is 4.90 Å². The summed E-state index contributed by atoms with van der Waals surface area (Å²) in [5, 5.41) is 7.51. The molecule has 1 aliphatic rings. The number of benzene rings is 11. The first-order valence-corrected chi connectivity index (χ1v) is 24.7. The van der Waals surface area contributed by atoms with Gasteiger partial charge in [-0.2, -0.15) is 8.75 Å². The van der Waals surface area contributed by atoms with Crippen LogP contribution in [0.1, 0.15) is 25.0 Å². The van der Waals surface area contributed by atoms with Gasteiger partial charge in [-0.25, -0.2) is 0 Å². The summed E-state index contributed by atoms with van der Waals surface area (Å²) in [6, 6.07) is 84.2. The molecule has 5 heteroatoms. The van der Waals surface area contributed by atoms with Gasteiger partial charge in [0.15, 0.2) is 0 Å². The second-order valence-electron chi connectivity index (χ2n) is 19.1. The van der Waals surface area contributed by atoms with E-state index in [4.69, 9.17) is 8.75 Å². The van der Waals surface area contributed by atoms with E-state index in [0.29, 0.717) is 0 Å². The average molecular weight is 913 g/mol. The Hall–Kier alpha value is -8.64. The van der Waals surface area contributed by atoms with E-state index in [1.807, 2.05) is 0 Å². The van der Waals surface area contributed by atoms with Gasteiger partial charge >= 0.3 is 0 Å². The fraction of sp³-hybridized carbons (Fsp3) is 0.0462. The monoisotopic (exact) mass is 912 g/mol. The van der Waals surface area contributed by atoms with Gasteiger partial charge in [0.05, 0.1) is 28.4 Å². The molecule has 0 spiro atoms. The van der Waals surface area contributed by atoms with E-state index in [0.717, 1.165) is 50.5 Å². The Morgan fingerprint density at radius 3 is 1.89 bits per heavy atom. The summed E-state index contributed by atoms with van der Waals surface area (Å²) >= 11 is 1.26. The molecule has 2 aromatic heterocycles. The Morgan fingerprint density at radius 2 is 1.04 bits per heavy atom. The predicted molar refractivity (Wildman–Crippen MR) is 295 cm³/mol. The molecular weight excluding hydrogens is 869 g/mol. The van der Waals surface area contributed by atoms with Gasteiger partial charge in [-0.3, -0.25) is 0 Å². The molecule has 0 bridgehead atoms. The van der Waals surface area contributed by atoms with Crippen molar-refractivity contribution in [3.63, 3.8) is 0 Å². The number of nitrogens with zero attached hydrogens (tertiary/aromatic N) is 4. The van der Waals surface area contributed by atoms with Crippen molar-refractivity contribution in [2.45, 2.75) is 19.3 Å². The Morgan fingerprint density at radius 1 is 0.414 bits per heavy atom. The SMILES string of the molecule is CC1(C)c2ccccc2-c2ccc(-c3cccc(N(c4ccc(-c5ccccc5)cc4)c4ccc(-c5ccc(-n6c7ccc8ccccc8c7c7ccc8ccccc8c76)cc5)c5nsnc45)c3)cc21. The number of hydrogen-bond donors (Lipinski definition) is 0. The van der Waals surface area contributed by atoms with Crippen molar-refractivity contribution in [2.24, 2.45) is 0 Å². The summed E-state index contributed by atoms with van der Waals surface area (Å²) in [6.07, 6.45) is 0. The number of fused-ring (bicyclic) bond motifs is 11. The van der Waals surface area contributed by atoms with Crippen LogP contribution in [0.5, 0.6) is 0 Å². The predicted octanol–water partition coefficient (Wildman–Crippen LogP) is 17.9. The van der Waals surface area contributed by atoms with Gasteiger partial charge in [0, 0.05) is 44.2 Å². The number of rotatable bonds is 7. The Balaban J connectivity index is 0.887. The molecule has 330 valence electrons. The molecule has 0 amide bonds. The van der Waals surface area contributed by atoms with E-state index in [2.05, 4.69) is 254 Å². The lowest BCUT2D eigenvalue weighted by Gasteiger charge is -2.27. The molecule has 0 unspecified atom stereocenters. The molecule has 0 atom stereocenters. The molecule has 0 fully saturated rings.